The van der Waals surface area contributed by atoms with Crippen LogP contribution in [0, 0.1) is 28.6 Å². The van der Waals surface area contributed by atoms with Crippen LogP contribution < -0.4 is 4.74 Å². The molecule has 3 saturated carbocycles. The number of aliphatic hydroxyl groups excluding tert-OH is 2. The molecule has 274 valence electrons. The van der Waals surface area contributed by atoms with Gasteiger partial charge in [-0.3, -0.25) is 9.36 Å². The maximum Gasteiger partial charge on any atom is 0.325 e. The van der Waals surface area contributed by atoms with E-state index in [1.807, 2.05) is 35.1 Å². The quantitative estimate of drug-likeness (QED) is 0.152. The Hall–Kier alpha value is -2.37. The summed E-state index contributed by atoms with van der Waals surface area (Å²) < 4.78 is 32.0. The van der Waals surface area contributed by atoms with Crippen molar-refractivity contribution in [2.24, 2.45) is 28.6 Å². The molecule has 4 N–H and O–H groups in total. The van der Waals surface area contributed by atoms with Crippen molar-refractivity contribution in [2.75, 3.05) is 19.4 Å². The lowest BCUT2D eigenvalue weighted by Gasteiger charge is -2.60. The summed E-state index contributed by atoms with van der Waals surface area (Å²) in [7, 11) is -3.93. The van der Waals surface area contributed by atoms with E-state index in [9.17, 15) is 19.6 Å². The number of Topliss-reactive ketones (excluding diaryl/α,β-unsaturated/α-hetero) is 1. The molecule has 1 saturated heterocycles. The number of benzene rings is 1. The molecule has 0 amide bonds. The van der Waals surface area contributed by atoms with E-state index in [4.69, 9.17) is 29.1 Å². The molecule has 1 aliphatic heterocycles. The van der Waals surface area contributed by atoms with Crippen molar-refractivity contribution >= 4 is 19.5 Å². The second kappa shape index (κ2) is 13.6. The Morgan fingerprint density at radius 3 is 2.74 bits per heavy atom. The molecule has 7 rings (SSSR count). The highest BCUT2D eigenvalue weighted by atomic mass is 31.2. The Labute approximate surface area is 294 Å². The molecule has 0 spiro atoms. The second-order valence-electron chi connectivity index (χ2n) is 15.9. The molecule has 5 aliphatic rings. The molecule has 4 fully saturated rings. The van der Waals surface area contributed by atoms with Gasteiger partial charge in [0.1, 0.15) is 12.4 Å². The maximum absolute atomic E-state index is 13.6. The molecular formula is C38H53N2O9P. The van der Waals surface area contributed by atoms with Crippen molar-refractivity contribution < 1.29 is 43.6 Å². The van der Waals surface area contributed by atoms with Gasteiger partial charge in [-0.25, -0.2) is 4.68 Å². The summed E-state index contributed by atoms with van der Waals surface area (Å²) in [6.07, 6.45) is 10.8. The Balaban J connectivity index is 1.08. The van der Waals surface area contributed by atoms with Crippen molar-refractivity contribution in [3.8, 4) is 11.4 Å². The van der Waals surface area contributed by atoms with Gasteiger partial charge in [0.25, 0.3) is 0 Å². The molecule has 0 bridgehead atoms. The first-order valence-electron chi connectivity index (χ1n) is 18.6. The zero-order chi connectivity index (χ0) is 35.5. The number of nitrogens with zero attached hydrogens (tertiary/aromatic N) is 2. The van der Waals surface area contributed by atoms with Crippen LogP contribution in [0.2, 0.25) is 0 Å². The number of ketones is 1. The molecule has 4 aliphatic carbocycles. The molecular weight excluding hydrogens is 659 g/mol. The number of hydrogen-bond donors (Lipinski definition) is 4. The molecule has 2 aromatic rings. The largest absolute Gasteiger partial charge is 0.494 e. The van der Waals surface area contributed by atoms with Gasteiger partial charge in [-0.1, -0.05) is 51.7 Å². The van der Waals surface area contributed by atoms with E-state index < -0.39 is 43.7 Å². The van der Waals surface area contributed by atoms with Crippen molar-refractivity contribution in [1.82, 2.24) is 9.78 Å². The van der Waals surface area contributed by atoms with E-state index in [2.05, 4.69) is 26.8 Å². The third-order valence-electron chi connectivity index (χ3n) is 13.0. The predicted molar refractivity (Wildman–Crippen MR) is 187 cm³/mol. The van der Waals surface area contributed by atoms with Gasteiger partial charge in [-0.05, 0) is 98.3 Å². The number of rotatable bonds is 13. The van der Waals surface area contributed by atoms with Gasteiger partial charge in [0.2, 0.25) is 0 Å². The summed E-state index contributed by atoms with van der Waals surface area (Å²) in [6, 6.07) is 7.90. The third kappa shape index (κ3) is 5.95. The van der Waals surface area contributed by atoms with Gasteiger partial charge >= 0.3 is 7.60 Å². The Bertz CT molecular complexity index is 1670. The van der Waals surface area contributed by atoms with Gasteiger partial charge in [0.15, 0.2) is 17.7 Å². The Kier molecular flexibility index (Phi) is 9.76. The van der Waals surface area contributed by atoms with Crippen LogP contribution in [0.1, 0.15) is 96.2 Å². The molecule has 0 radical (unpaired) electrons. The highest BCUT2D eigenvalue weighted by Crippen LogP contribution is 2.70. The lowest BCUT2D eigenvalue weighted by Crippen LogP contribution is -2.64. The van der Waals surface area contributed by atoms with Crippen molar-refractivity contribution in [1.29, 1.82) is 0 Å². The van der Waals surface area contributed by atoms with Crippen LogP contribution >= 0.6 is 7.60 Å². The van der Waals surface area contributed by atoms with Crippen LogP contribution in [0.4, 0.5) is 0 Å². The average molecular weight is 713 g/mol. The van der Waals surface area contributed by atoms with Gasteiger partial charge in [0.05, 0.1) is 36.4 Å². The van der Waals surface area contributed by atoms with Crippen LogP contribution in [0.5, 0.6) is 5.75 Å². The zero-order valence-electron chi connectivity index (χ0n) is 29.5. The lowest BCUT2D eigenvalue weighted by molar-refractivity contribution is -0.202. The maximum atomic E-state index is 13.6. The minimum Gasteiger partial charge on any atom is -0.494 e. The second-order valence-corrected chi connectivity index (χ2v) is 17.7. The summed E-state index contributed by atoms with van der Waals surface area (Å²) in [4.78, 5) is 31.7. The van der Waals surface area contributed by atoms with Crippen LogP contribution in [0.25, 0.3) is 11.8 Å². The molecule has 11 nitrogen and oxygen atoms in total. The molecule has 1 aromatic carbocycles. The van der Waals surface area contributed by atoms with Gasteiger partial charge < -0.3 is 34.2 Å². The molecule has 12 heteroatoms. The van der Waals surface area contributed by atoms with Crippen LogP contribution in [0.15, 0.2) is 36.0 Å². The smallest absolute Gasteiger partial charge is 0.325 e. The fourth-order valence-electron chi connectivity index (χ4n) is 10.9. The molecule has 50 heavy (non-hydrogen) atoms. The molecule has 1 unspecified atom stereocenters. The van der Waals surface area contributed by atoms with E-state index in [1.54, 1.807) is 0 Å². The Morgan fingerprint density at radius 1 is 1.18 bits per heavy atom. The number of carbonyl (C=O) groups is 1. The number of unbranched alkanes of at least 4 members (excludes halogenated alkanes) is 3. The normalized spacial score (nSPS) is 35.8. The molecule has 2 heterocycles. The van der Waals surface area contributed by atoms with Crippen LogP contribution in [-0.2, 0) is 25.3 Å². The van der Waals surface area contributed by atoms with E-state index in [-0.39, 0.29) is 35.1 Å². The predicted octanol–water partition coefficient (Wildman–Crippen LogP) is 5.59. The van der Waals surface area contributed by atoms with E-state index in [0.717, 1.165) is 67.6 Å². The standard InChI is InChI=1S/C38H53N2O9P/c1-4-10-34-48-33-19-29-28-14-13-25-17-30-24(20-36(25,2)35(28)31(42)21-37(29,3)38(33,49-34)32(43)23-41)22-39-40(30)26-11-9-12-27(18-26)47-15-7-5-6-8-16-50(44,45)46/h9,11-12,17-18,22,28-29,31,33-35,41-42H,4-8,10,13-16,19-21,23H2,1-3H3,(H2,44,45,46)/t28-,29-,31-,33+,34?,35+,36-,37-,38+/m0/s1. The van der Waals surface area contributed by atoms with E-state index >= 15 is 0 Å². The van der Waals surface area contributed by atoms with E-state index in [0.29, 0.717) is 32.3 Å². The van der Waals surface area contributed by atoms with Crippen LogP contribution in [0.3, 0.4) is 0 Å². The monoisotopic (exact) mass is 712 g/mol. The summed E-state index contributed by atoms with van der Waals surface area (Å²) in [5, 5.41) is 27.1. The fraction of sp³-hybridized carbons (Fsp3) is 0.684. The van der Waals surface area contributed by atoms with Gasteiger partial charge in [-0.2, -0.15) is 5.10 Å². The van der Waals surface area contributed by atoms with Crippen molar-refractivity contribution in [3.63, 3.8) is 0 Å². The van der Waals surface area contributed by atoms with Gasteiger partial charge in [-0.15, -0.1) is 0 Å². The minimum absolute atomic E-state index is 0.0112. The van der Waals surface area contributed by atoms with Crippen molar-refractivity contribution in [2.45, 2.75) is 115 Å². The molecule has 1 aromatic heterocycles. The number of fused-ring (bicyclic) bond motifs is 8. The fourth-order valence-corrected chi connectivity index (χ4v) is 11.5. The van der Waals surface area contributed by atoms with Crippen LogP contribution in [-0.4, -0.2) is 79.0 Å². The first kappa shape index (κ1) is 36.0. The first-order chi connectivity index (χ1) is 23.8. The highest BCUT2D eigenvalue weighted by molar-refractivity contribution is 7.51. The van der Waals surface area contributed by atoms with E-state index in [1.165, 1.54) is 5.57 Å². The third-order valence-corrected chi connectivity index (χ3v) is 13.9. The summed E-state index contributed by atoms with van der Waals surface area (Å²) in [5.41, 5.74) is 2.30. The SMILES string of the molecule is CCCC1O[C@@H]2C[C@H]3[C@@H]4CCC5=Cc6c(cnn6-c6cccc(OCCCCCCP(=O)(O)O)c6)C[C@]5(C)[C@H]4[C@@H](O)C[C@]3(C)[C@]2(C(=O)CO)O1. The topological polar surface area (TPSA) is 161 Å². The minimum atomic E-state index is -3.93. The number of carbonyl (C=O) groups excluding carboxylic acids is 1. The number of allylic oxidation sites excluding steroid dienone is 1. The Morgan fingerprint density at radius 2 is 1.98 bits per heavy atom. The molecule has 9 atom stereocenters. The van der Waals surface area contributed by atoms with Crippen molar-refractivity contribution in [3.05, 3.63) is 47.3 Å². The number of hydrogen-bond acceptors (Lipinski definition) is 8. The number of aromatic nitrogens is 2. The number of aliphatic hydroxyl groups is 2. The number of ether oxygens (including phenoxy) is 3. The highest BCUT2D eigenvalue weighted by Gasteiger charge is 2.75. The average Bonchev–Trinajstić information content (AvgIpc) is 3.71. The van der Waals surface area contributed by atoms with Gasteiger partial charge in [0, 0.05) is 17.6 Å². The lowest BCUT2D eigenvalue weighted by atomic mass is 9.45. The first-order valence-corrected chi connectivity index (χ1v) is 20.4. The zero-order valence-corrected chi connectivity index (χ0v) is 30.4. The summed E-state index contributed by atoms with van der Waals surface area (Å²) >= 11 is 0. The summed E-state index contributed by atoms with van der Waals surface area (Å²) in [6.45, 7) is 6.40. The summed E-state index contributed by atoms with van der Waals surface area (Å²) in [5.74, 6) is 0.755.